The zero-order valence-corrected chi connectivity index (χ0v) is 20.5. The molecule has 0 N–H and O–H groups in total. The second kappa shape index (κ2) is 12.2. The van der Waals surface area contributed by atoms with Gasteiger partial charge in [-0.3, -0.25) is 14.7 Å². The second-order valence-corrected chi connectivity index (χ2v) is 8.48. The maximum absolute atomic E-state index is 13.2. The molecule has 1 aliphatic heterocycles. The molecule has 0 unspecified atom stereocenters. The number of aromatic nitrogens is 1. The summed E-state index contributed by atoms with van der Waals surface area (Å²) in [7, 11) is 1.68. The summed E-state index contributed by atoms with van der Waals surface area (Å²) in [4.78, 5) is 21.6. The molecule has 4 rings (SSSR count). The largest absolute Gasteiger partial charge is 0.497 e. The van der Waals surface area contributed by atoms with Crippen molar-refractivity contribution in [2.24, 2.45) is 0 Å². The smallest absolute Gasteiger partial charge is 0.254 e. The van der Waals surface area contributed by atoms with Gasteiger partial charge in [-0.1, -0.05) is 18.2 Å². The minimum Gasteiger partial charge on any atom is -0.497 e. The summed E-state index contributed by atoms with van der Waals surface area (Å²) in [6.07, 6.45) is 4.49. The van der Waals surface area contributed by atoms with Crippen molar-refractivity contribution in [1.29, 1.82) is 0 Å². The Morgan fingerprint density at radius 2 is 1.74 bits per heavy atom. The third-order valence-corrected chi connectivity index (χ3v) is 6.14. The molecule has 0 aliphatic carbocycles. The van der Waals surface area contributed by atoms with Crippen LogP contribution in [0, 0.1) is 0 Å². The Morgan fingerprint density at radius 3 is 2.43 bits per heavy atom. The second-order valence-electron chi connectivity index (χ2n) is 8.48. The van der Waals surface area contributed by atoms with Crippen molar-refractivity contribution in [3.8, 4) is 17.2 Å². The lowest BCUT2D eigenvalue weighted by Gasteiger charge is -2.35. The van der Waals surface area contributed by atoms with Crippen LogP contribution >= 0.6 is 0 Å². The lowest BCUT2D eigenvalue weighted by Crippen LogP contribution is -2.49. The lowest BCUT2D eigenvalue weighted by atomic mass is 10.1. The maximum Gasteiger partial charge on any atom is 0.254 e. The summed E-state index contributed by atoms with van der Waals surface area (Å²) >= 11 is 0. The van der Waals surface area contributed by atoms with Gasteiger partial charge in [-0.15, -0.1) is 0 Å². The number of nitrogens with zero attached hydrogens (tertiary/aromatic N) is 3. The number of hydrogen-bond donors (Lipinski definition) is 0. The van der Waals surface area contributed by atoms with E-state index in [9.17, 15) is 4.79 Å². The Kier molecular flexibility index (Phi) is 8.57. The minimum atomic E-state index is 0.0274. The first kappa shape index (κ1) is 24.5. The van der Waals surface area contributed by atoms with Gasteiger partial charge in [-0.2, -0.15) is 0 Å². The standard InChI is InChI=1S/C28H33N3O4/c1-3-34-27-19-24(8-11-26(27)35-21-23-5-4-13-29-20-23)28(32)31-17-15-30(16-18-31)14-12-22-6-9-25(33-2)10-7-22/h4-11,13,19-20H,3,12,14-18,21H2,1-2H3. The fraction of sp³-hybridized carbons (Fsp3) is 0.357. The molecule has 1 amide bonds. The SMILES string of the molecule is CCOc1cc(C(=O)N2CCN(CCc3ccc(OC)cc3)CC2)ccc1OCc1cccnc1. The van der Waals surface area contributed by atoms with Crippen molar-refractivity contribution in [3.63, 3.8) is 0 Å². The number of piperazine rings is 1. The molecule has 1 aliphatic rings. The fourth-order valence-electron chi connectivity index (χ4n) is 4.11. The van der Waals surface area contributed by atoms with E-state index in [1.54, 1.807) is 25.6 Å². The molecule has 2 aromatic carbocycles. The molecule has 0 bridgehead atoms. The topological polar surface area (TPSA) is 64.1 Å². The number of benzene rings is 2. The molecular formula is C28H33N3O4. The van der Waals surface area contributed by atoms with E-state index < -0.39 is 0 Å². The van der Waals surface area contributed by atoms with Crippen molar-refractivity contribution in [2.75, 3.05) is 46.4 Å². The molecule has 0 atom stereocenters. The van der Waals surface area contributed by atoms with Crippen LogP contribution in [0.3, 0.4) is 0 Å². The van der Waals surface area contributed by atoms with Gasteiger partial charge in [0.1, 0.15) is 12.4 Å². The van der Waals surface area contributed by atoms with E-state index in [0.29, 0.717) is 43.4 Å². The lowest BCUT2D eigenvalue weighted by molar-refractivity contribution is 0.0638. The zero-order valence-electron chi connectivity index (χ0n) is 20.5. The number of hydrogen-bond acceptors (Lipinski definition) is 6. The molecule has 7 heteroatoms. The first-order valence-corrected chi connectivity index (χ1v) is 12.1. The summed E-state index contributed by atoms with van der Waals surface area (Å²) in [6, 6.07) is 17.5. The van der Waals surface area contributed by atoms with Gasteiger partial charge in [0.25, 0.3) is 5.91 Å². The fourth-order valence-corrected chi connectivity index (χ4v) is 4.11. The zero-order chi connectivity index (χ0) is 24.5. The third kappa shape index (κ3) is 6.73. The Labute approximate surface area is 207 Å². The summed E-state index contributed by atoms with van der Waals surface area (Å²) in [5, 5.41) is 0. The number of ether oxygens (including phenoxy) is 3. The van der Waals surface area contributed by atoms with E-state index in [2.05, 4.69) is 22.0 Å². The van der Waals surface area contributed by atoms with E-state index in [1.807, 2.05) is 48.2 Å². The Bertz CT molecular complexity index is 1080. The van der Waals surface area contributed by atoms with E-state index in [-0.39, 0.29) is 5.91 Å². The molecule has 35 heavy (non-hydrogen) atoms. The van der Waals surface area contributed by atoms with Gasteiger partial charge < -0.3 is 19.1 Å². The number of carbonyl (C=O) groups excluding carboxylic acids is 1. The summed E-state index contributed by atoms with van der Waals surface area (Å²) in [5.74, 6) is 2.11. The number of pyridine rings is 1. The predicted molar refractivity (Wildman–Crippen MR) is 135 cm³/mol. The van der Waals surface area contributed by atoms with Crippen LogP contribution in [0.15, 0.2) is 67.0 Å². The van der Waals surface area contributed by atoms with E-state index in [0.717, 1.165) is 37.4 Å². The molecule has 2 heterocycles. The number of carbonyl (C=O) groups is 1. The highest BCUT2D eigenvalue weighted by Gasteiger charge is 2.23. The number of rotatable bonds is 10. The van der Waals surface area contributed by atoms with Crippen LogP contribution in [0.4, 0.5) is 0 Å². The Morgan fingerprint density at radius 1 is 0.943 bits per heavy atom. The van der Waals surface area contributed by atoms with Gasteiger partial charge in [0.05, 0.1) is 13.7 Å². The van der Waals surface area contributed by atoms with Gasteiger partial charge in [0, 0.05) is 56.2 Å². The molecule has 3 aromatic rings. The van der Waals surface area contributed by atoms with E-state index in [4.69, 9.17) is 14.2 Å². The summed E-state index contributed by atoms with van der Waals surface area (Å²) < 4.78 is 17.0. The molecule has 0 spiro atoms. The quantitative estimate of drug-likeness (QED) is 0.441. The van der Waals surface area contributed by atoms with Crippen LogP contribution in [-0.2, 0) is 13.0 Å². The maximum atomic E-state index is 13.2. The van der Waals surface area contributed by atoms with Gasteiger partial charge in [0.15, 0.2) is 11.5 Å². The Hall–Kier alpha value is -3.58. The van der Waals surface area contributed by atoms with Crippen molar-refractivity contribution in [1.82, 2.24) is 14.8 Å². The van der Waals surface area contributed by atoms with Gasteiger partial charge >= 0.3 is 0 Å². The summed E-state index contributed by atoms with van der Waals surface area (Å²) in [6.45, 7) is 6.94. The first-order chi connectivity index (χ1) is 17.2. The van der Waals surface area contributed by atoms with Gasteiger partial charge in [-0.05, 0) is 55.3 Å². The molecular weight excluding hydrogens is 442 g/mol. The van der Waals surface area contributed by atoms with Crippen LogP contribution < -0.4 is 14.2 Å². The normalized spacial score (nSPS) is 13.9. The van der Waals surface area contributed by atoms with Crippen molar-refractivity contribution in [3.05, 3.63) is 83.7 Å². The Balaban J connectivity index is 1.30. The van der Waals surface area contributed by atoms with Crippen LogP contribution in [0.5, 0.6) is 17.2 Å². The van der Waals surface area contributed by atoms with Crippen molar-refractivity contribution in [2.45, 2.75) is 20.0 Å². The van der Waals surface area contributed by atoms with Crippen LogP contribution in [0.25, 0.3) is 0 Å². The molecule has 184 valence electrons. The van der Waals surface area contributed by atoms with Crippen LogP contribution in [0.1, 0.15) is 28.4 Å². The number of amides is 1. The minimum absolute atomic E-state index is 0.0274. The molecule has 0 radical (unpaired) electrons. The molecule has 1 saturated heterocycles. The van der Waals surface area contributed by atoms with E-state index in [1.165, 1.54) is 5.56 Å². The van der Waals surface area contributed by atoms with E-state index >= 15 is 0 Å². The predicted octanol–water partition coefficient (Wildman–Crippen LogP) is 4.07. The highest BCUT2D eigenvalue weighted by atomic mass is 16.5. The van der Waals surface area contributed by atoms with Crippen molar-refractivity contribution < 1.29 is 19.0 Å². The summed E-state index contributed by atoms with van der Waals surface area (Å²) in [5.41, 5.74) is 2.88. The average Bonchev–Trinajstić information content (AvgIpc) is 2.92. The molecule has 1 fully saturated rings. The van der Waals surface area contributed by atoms with Crippen LogP contribution in [0.2, 0.25) is 0 Å². The highest BCUT2D eigenvalue weighted by Crippen LogP contribution is 2.30. The van der Waals surface area contributed by atoms with Crippen LogP contribution in [-0.4, -0.2) is 67.1 Å². The molecule has 7 nitrogen and oxygen atoms in total. The third-order valence-electron chi connectivity index (χ3n) is 6.14. The first-order valence-electron chi connectivity index (χ1n) is 12.1. The average molecular weight is 476 g/mol. The number of methoxy groups -OCH3 is 1. The monoisotopic (exact) mass is 475 g/mol. The molecule has 1 aromatic heterocycles. The highest BCUT2D eigenvalue weighted by molar-refractivity contribution is 5.95. The van der Waals surface area contributed by atoms with Crippen molar-refractivity contribution >= 4 is 5.91 Å². The molecule has 0 saturated carbocycles. The van der Waals surface area contributed by atoms with Gasteiger partial charge in [0.2, 0.25) is 0 Å². The van der Waals surface area contributed by atoms with Gasteiger partial charge in [-0.25, -0.2) is 0 Å².